The lowest BCUT2D eigenvalue weighted by Gasteiger charge is -2.22. The van der Waals surface area contributed by atoms with Crippen LogP contribution in [-0.4, -0.2) is 26.4 Å². The molecule has 3 aromatic carbocycles. The Hall–Kier alpha value is -2.04. The zero-order valence-corrected chi connectivity index (χ0v) is 40.7. The first-order chi connectivity index (χ1) is 29.6. The summed E-state index contributed by atoms with van der Waals surface area (Å²) >= 11 is 13.7. The molecule has 0 aliphatic carbocycles. The van der Waals surface area contributed by atoms with Crippen molar-refractivity contribution in [2.45, 2.75) is 233 Å². The molecule has 0 spiro atoms. The molecule has 0 saturated heterocycles. The highest BCUT2D eigenvalue weighted by Gasteiger charge is 2.25. The summed E-state index contributed by atoms with van der Waals surface area (Å²) in [4.78, 5) is 0. The molecule has 0 radical (unpaired) electrons. The van der Waals surface area contributed by atoms with E-state index in [0.29, 0.717) is 36.5 Å². The number of rotatable bonds is 40. The van der Waals surface area contributed by atoms with Gasteiger partial charge in [0, 0.05) is 10.8 Å². The van der Waals surface area contributed by atoms with Gasteiger partial charge in [0.15, 0.2) is 0 Å². The van der Waals surface area contributed by atoms with Gasteiger partial charge in [-0.2, -0.15) is 0 Å². The second-order valence-electron chi connectivity index (χ2n) is 17.6. The monoisotopic (exact) mass is 871 g/mol. The minimum absolute atomic E-state index is 0.512. The lowest BCUT2D eigenvalue weighted by atomic mass is 9.98. The molecule has 0 aliphatic rings. The Morgan fingerprint density at radius 3 is 0.817 bits per heavy atom. The van der Waals surface area contributed by atoms with Crippen molar-refractivity contribution in [2.24, 2.45) is 0 Å². The summed E-state index contributed by atoms with van der Waals surface area (Å²) in [6.07, 6.45) is 40.1. The van der Waals surface area contributed by atoms with Crippen LogP contribution in [0.3, 0.4) is 0 Å². The van der Waals surface area contributed by atoms with Crippen LogP contribution in [0.2, 0.25) is 10.0 Å². The average molecular weight is 872 g/mol. The lowest BCUT2D eigenvalue weighted by Crippen LogP contribution is -2.06. The Balaban J connectivity index is 1.96. The molecule has 0 aromatic heterocycles. The molecular weight excluding hydrogens is 783 g/mol. The number of hydrogen-bond donors (Lipinski definition) is 0. The van der Waals surface area contributed by atoms with Crippen molar-refractivity contribution in [1.82, 2.24) is 0 Å². The number of hydrogen-bond acceptors (Lipinski definition) is 4. The Labute approximate surface area is 378 Å². The third kappa shape index (κ3) is 20.4. The van der Waals surface area contributed by atoms with E-state index >= 15 is 0 Å². The molecule has 3 rings (SSSR count). The number of halogens is 2. The van der Waals surface area contributed by atoms with Crippen molar-refractivity contribution in [3.05, 3.63) is 34.3 Å². The first-order valence-electron chi connectivity index (χ1n) is 25.5. The van der Waals surface area contributed by atoms with Gasteiger partial charge in [-0.15, -0.1) is 0 Å². The molecule has 0 saturated carbocycles. The summed E-state index contributed by atoms with van der Waals surface area (Å²) in [5, 5.41) is 4.72. The normalized spacial score (nSPS) is 11.6. The molecule has 0 aliphatic heterocycles. The summed E-state index contributed by atoms with van der Waals surface area (Å²) in [6.45, 7) is 11.7. The van der Waals surface area contributed by atoms with Gasteiger partial charge in [-0.3, -0.25) is 0 Å². The molecule has 0 unspecified atom stereocenters. The lowest BCUT2D eigenvalue weighted by molar-refractivity contribution is 0.290. The Kier molecular flexibility index (Phi) is 30.0. The fourth-order valence-corrected chi connectivity index (χ4v) is 8.73. The van der Waals surface area contributed by atoms with Crippen LogP contribution in [-0.2, 0) is 0 Å². The predicted octanol–water partition coefficient (Wildman–Crippen LogP) is 19.4. The van der Waals surface area contributed by atoms with Gasteiger partial charge >= 0.3 is 0 Å². The maximum absolute atomic E-state index is 6.92. The minimum Gasteiger partial charge on any atom is -0.493 e. The van der Waals surface area contributed by atoms with Crippen LogP contribution in [0.5, 0.6) is 23.0 Å². The summed E-state index contributed by atoms with van der Waals surface area (Å²) in [7, 11) is 0. The minimum atomic E-state index is 0.512. The van der Waals surface area contributed by atoms with Crippen molar-refractivity contribution in [2.75, 3.05) is 26.4 Å². The number of ether oxygens (including phenoxy) is 4. The van der Waals surface area contributed by atoms with Crippen LogP contribution in [0, 0.1) is 0 Å². The summed E-state index contributed by atoms with van der Waals surface area (Å²) in [5.41, 5.74) is 0. The molecule has 0 amide bonds. The van der Waals surface area contributed by atoms with Gasteiger partial charge in [-0.1, -0.05) is 231 Å². The van der Waals surface area contributed by atoms with Crippen LogP contribution in [0.15, 0.2) is 24.3 Å². The maximum Gasteiger partial charge on any atom is 0.139 e. The Bertz CT molecular complexity index is 1410. The van der Waals surface area contributed by atoms with Crippen molar-refractivity contribution < 1.29 is 18.9 Å². The summed E-state index contributed by atoms with van der Waals surface area (Å²) < 4.78 is 27.3. The molecule has 0 atom stereocenters. The van der Waals surface area contributed by atoms with Crippen molar-refractivity contribution in [1.29, 1.82) is 0 Å². The quantitative estimate of drug-likeness (QED) is 0.0421. The van der Waals surface area contributed by atoms with E-state index < -0.39 is 0 Å². The largest absolute Gasteiger partial charge is 0.493 e. The van der Waals surface area contributed by atoms with Gasteiger partial charge < -0.3 is 18.9 Å². The third-order valence-electron chi connectivity index (χ3n) is 12.1. The van der Waals surface area contributed by atoms with E-state index in [4.69, 9.17) is 42.1 Å². The molecule has 0 N–H and O–H groups in total. The first-order valence-corrected chi connectivity index (χ1v) is 26.2. The molecular formula is C54H88Cl2O4. The SMILES string of the molecule is CCCCCCCCCCOc1ccc(OCCCCCCCCCC)c2c(OCCCCCCCCCC)c3cc(Cl)c(Cl)cc3c(OCCCCCCCCCC)c12. The van der Waals surface area contributed by atoms with E-state index in [0.717, 1.165) is 83.1 Å². The maximum atomic E-state index is 6.92. The van der Waals surface area contributed by atoms with Gasteiger partial charge in [-0.05, 0) is 49.9 Å². The number of benzene rings is 3. The third-order valence-corrected chi connectivity index (χ3v) is 12.9. The first kappa shape index (κ1) is 52.3. The number of fused-ring (bicyclic) bond motifs is 2. The average Bonchev–Trinajstić information content (AvgIpc) is 3.25. The van der Waals surface area contributed by atoms with Crippen LogP contribution in [0.4, 0.5) is 0 Å². The van der Waals surface area contributed by atoms with Crippen LogP contribution < -0.4 is 18.9 Å². The van der Waals surface area contributed by atoms with Gasteiger partial charge in [0.2, 0.25) is 0 Å². The van der Waals surface area contributed by atoms with E-state index in [2.05, 4.69) is 39.8 Å². The molecule has 60 heavy (non-hydrogen) atoms. The summed E-state index contributed by atoms with van der Waals surface area (Å²) in [6, 6.07) is 8.15. The highest BCUT2D eigenvalue weighted by molar-refractivity contribution is 6.43. The molecule has 4 nitrogen and oxygen atoms in total. The van der Waals surface area contributed by atoms with Gasteiger partial charge in [0.25, 0.3) is 0 Å². The highest BCUT2D eigenvalue weighted by atomic mass is 35.5. The molecule has 6 heteroatoms. The zero-order chi connectivity index (χ0) is 42.9. The van der Waals surface area contributed by atoms with Gasteiger partial charge in [-0.25, -0.2) is 0 Å². The topological polar surface area (TPSA) is 36.9 Å². The van der Waals surface area contributed by atoms with Crippen molar-refractivity contribution in [3.8, 4) is 23.0 Å². The van der Waals surface area contributed by atoms with Crippen molar-refractivity contribution >= 4 is 44.7 Å². The fourth-order valence-electron chi connectivity index (χ4n) is 8.40. The van der Waals surface area contributed by atoms with E-state index in [1.54, 1.807) is 0 Å². The van der Waals surface area contributed by atoms with Crippen LogP contribution in [0.1, 0.15) is 233 Å². The molecule has 342 valence electrons. The fraction of sp³-hybridized carbons (Fsp3) is 0.741. The van der Waals surface area contributed by atoms with Crippen LogP contribution in [0.25, 0.3) is 21.5 Å². The second-order valence-corrected chi connectivity index (χ2v) is 18.4. The standard InChI is InChI=1S/C54H88Cl2O4/c1-5-9-13-17-21-25-29-33-39-57-49-37-38-50(58-40-34-30-26-22-18-14-10-6-2)52-51(49)53(59-41-35-31-27-23-19-15-11-7-3)45-43-47(55)48(56)44-46(45)54(52)60-42-36-32-28-24-20-16-12-8-4/h37-38,43-44H,5-36,39-42H2,1-4H3. The Morgan fingerprint density at radius 1 is 0.317 bits per heavy atom. The molecule has 0 fully saturated rings. The Morgan fingerprint density at radius 2 is 0.550 bits per heavy atom. The highest BCUT2D eigenvalue weighted by Crippen LogP contribution is 2.51. The van der Waals surface area contributed by atoms with Crippen molar-refractivity contribution in [3.63, 3.8) is 0 Å². The van der Waals surface area contributed by atoms with E-state index in [1.165, 1.54) is 167 Å². The summed E-state index contributed by atoms with van der Waals surface area (Å²) in [5.74, 6) is 3.24. The number of unbranched alkanes of at least 4 members (excludes halogenated alkanes) is 28. The van der Waals surface area contributed by atoms with Gasteiger partial charge in [0.1, 0.15) is 23.0 Å². The van der Waals surface area contributed by atoms with E-state index in [9.17, 15) is 0 Å². The van der Waals surface area contributed by atoms with E-state index in [-0.39, 0.29) is 0 Å². The van der Waals surface area contributed by atoms with Gasteiger partial charge in [0.05, 0.1) is 47.2 Å². The zero-order valence-electron chi connectivity index (χ0n) is 39.2. The van der Waals surface area contributed by atoms with E-state index in [1.807, 2.05) is 12.1 Å². The second kappa shape index (κ2) is 34.4. The smallest absolute Gasteiger partial charge is 0.139 e. The predicted molar refractivity (Wildman–Crippen MR) is 264 cm³/mol. The van der Waals surface area contributed by atoms with Crippen LogP contribution >= 0.6 is 23.2 Å². The molecule has 0 heterocycles. The molecule has 0 bridgehead atoms. The molecule has 3 aromatic rings.